The summed E-state index contributed by atoms with van der Waals surface area (Å²) >= 11 is 5.99. The number of nitrogen functional groups attached to an aromatic ring is 1. The van der Waals surface area contributed by atoms with Crippen LogP contribution in [0.25, 0.3) is 0 Å². The second-order valence-electron chi connectivity index (χ2n) is 4.33. The molecule has 0 bridgehead atoms. The van der Waals surface area contributed by atoms with E-state index in [-0.39, 0.29) is 0 Å². The number of hydrogen-bond donors (Lipinski definition) is 1. The van der Waals surface area contributed by atoms with Gasteiger partial charge in [-0.2, -0.15) is 5.26 Å². The Hall–Kier alpha value is -2.18. The van der Waals surface area contributed by atoms with Gasteiger partial charge in [0, 0.05) is 18.6 Å². The predicted octanol–water partition coefficient (Wildman–Crippen LogP) is 3.43. The monoisotopic (exact) mass is 271 g/mol. The van der Waals surface area contributed by atoms with Crippen LogP contribution >= 0.6 is 11.6 Å². The van der Waals surface area contributed by atoms with E-state index in [0.29, 0.717) is 22.8 Å². The fourth-order valence-corrected chi connectivity index (χ4v) is 2.12. The highest BCUT2D eigenvalue weighted by molar-refractivity contribution is 6.31. The summed E-state index contributed by atoms with van der Waals surface area (Å²) in [4.78, 5) is 1.98. The molecule has 96 valence electrons. The molecule has 2 N–H and O–H groups in total. The van der Waals surface area contributed by atoms with E-state index in [1.54, 1.807) is 12.1 Å². The van der Waals surface area contributed by atoms with Crippen LogP contribution in [0.1, 0.15) is 11.1 Å². The molecule has 4 heteroatoms. The number of benzene rings is 2. The van der Waals surface area contributed by atoms with Crippen LogP contribution in [0.3, 0.4) is 0 Å². The highest BCUT2D eigenvalue weighted by Gasteiger charge is 2.09. The van der Waals surface area contributed by atoms with Gasteiger partial charge in [-0.3, -0.25) is 0 Å². The average molecular weight is 272 g/mol. The van der Waals surface area contributed by atoms with Crippen molar-refractivity contribution in [3.8, 4) is 6.07 Å². The van der Waals surface area contributed by atoms with Crippen LogP contribution < -0.4 is 10.6 Å². The van der Waals surface area contributed by atoms with Gasteiger partial charge in [0.1, 0.15) is 0 Å². The summed E-state index contributed by atoms with van der Waals surface area (Å²) in [5, 5.41) is 9.73. The van der Waals surface area contributed by atoms with Gasteiger partial charge in [0.2, 0.25) is 0 Å². The zero-order valence-electron chi connectivity index (χ0n) is 10.6. The average Bonchev–Trinajstić information content (AvgIpc) is 2.42. The Morgan fingerprint density at radius 3 is 2.74 bits per heavy atom. The lowest BCUT2D eigenvalue weighted by Crippen LogP contribution is -2.18. The van der Waals surface area contributed by atoms with Crippen molar-refractivity contribution in [1.82, 2.24) is 0 Å². The lowest BCUT2D eigenvalue weighted by molar-refractivity contribution is 0.921. The first-order valence-corrected chi connectivity index (χ1v) is 6.24. The van der Waals surface area contributed by atoms with Crippen LogP contribution in [0, 0.1) is 11.3 Å². The highest BCUT2D eigenvalue weighted by atomic mass is 35.5. The van der Waals surface area contributed by atoms with Crippen molar-refractivity contribution in [1.29, 1.82) is 5.26 Å². The summed E-state index contributed by atoms with van der Waals surface area (Å²) in [6, 6.07) is 15.1. The smallest absolute Gasteiger partial charge is 0.0995 e. The van der Waals surface area contributed by atoms with Gasteiger partial charge in [-0.1, -0.05) is 29.8 Å². The Balaban J connectivity index is 2.28. The molecule has 0 saturated heterocycles. The highest BCUT2D eigenvalue weighted by Crippen LogP contribution is 2.27. The molecular weight excluding hydrogens is 258 g/mol. The quantitative estimate of drug-likeness (QED) is 0.870. The van der Waals surface area contributed by atoms with Crippen LogP contribution in [-0.4, -0.2) is 7.05 Å². The van der Waals surface area contributed by atoms with Gasteiger partial charge in [0.05, 0.1) is 23.0 Å². The van der Waals surface area contributed by atoms with Crippen molar-refractivity contribution in [2.75, 3.05) is 17.7 Å². The number of halogens is 1. The summed E-state index contributed by atoms with van der Waals surface area (Å²) in [6.07, 6.45) is 0. The second-order valence-corrected chi connectivity index (χ2v) is 4.76. The molecule has 0 aliphatic heterocycles. The molecule has 0 heterocycles. The first-order valence-electron chi connectivity index (χ1n) is 5.86. The standard InChI is InChI=1S/C15H14ClN3/c1-19(15-8-13(16)6-7-14(15)18)10-12-5-3-2-4-11(12)9-17/h2-8H,10,18H2,1H3. The van der Waals surface area contributed by atoms with Crippen molar-refractivity contribution in [3.05, 3.63) is 58.6 Å². The molecule has 19 heavy (non-hydrogen) atoms. The first kappa shape index (κ1) is 13.3. The maximum absolute atomic E-state index is 9.09. The third-order valence-corrected chi connectivity index (χ3v) is 3.18. The molecule has 0 radical (unpaired) electrons. The summed E-state index contributed by atoms with van der Waals surface area (Å²) < 4.78 is 0. The van der Waals surface area contributed by atoms with E-state index in [1.807, 2.05) is 42.3 Å². The van der Waals surface area contributed by atoms with Gasteiger partial charge >= 0.3 is 0 Å². The Morgan fingerprint density at radius 2 is 2.00 bits per heavy atom. The molecule has 2 aromatic rings. The number of nitrogens with two attached hydrogens (primary N) is 1. The minimum atomic E-state index is 0.605. The van der Waals surface area contributed by atoms with Gasteiger partial charge in [-0.05, 0) is 29.8 Å². The van der Waals surface area contributed by atoms with E-state index in [1.165, 1.54) is 0 Å². The Labute approximate surface area is 117 Å². The molecule has 0 saturated carbocycles. The lowest BCUT2D eigenvalue weighted by atomic mass is 10.1. The van der Waals surface area contributed by atoms with Gasteiger partial charge in [-0.25, -0.2) is 0 Å². The van der Waals surface area contributed by atoms with Crippen molar-refractivity contribution in [2.24, 2.45) is 0 Å². The molecule has 0 aromatic heterocycles. The number of anilines is 2. The Morgan fingerprint density at radius 1 is 1.26 bits per heavy atom. The van der Waals surface area contributed by atoms with E-state index >= 15 is 0 Å². The summed E-state index contributed by atoms with van der Waals surface area (Å²) in [5.74, 6) is 0. The number of nitriles is 1. The number of hydrogen-bond acceptors (Lipinski definition) is 3. The topological polar surface area (TPSA) is 53.0 Å². The minimum absolute atomic E-state index is 0.605. The largest absolute Gasteiger partial charge is 0.397 e. The third kappa shape index (κ3) is 2.98. The fourth-order valence-electron chi connectivity index (χ4n) is 1.96. The van der Waals surface area contributed by atoms with Crippen molar-refractivity contribution >= 4 is 23.0 Å². The molecule has 0 atom stereocenters. The molecule has 0 aliphatic carbocycles. The Kier molecular flexibility index (Phi) is 3.94. The normalized spacial score (nSPS) is 9.95. The van der Waals surface area contributed by atoms with E-state index < -0.39 is 0 Å². The van der Waals surface area contributed by atoms with Crippen LogP contribution in [0.4, 0.5) is 11.4 Å². The van der Waals surface area contributed by atoms with Crippen LogP contribution in [0.15, 0.2) is 42.5 Å². The SMILES string of the molecule is CN(Cc1ccccc1C#N)c1cc(Cl)ccc1N. The first-order chi connectivity index (χ1) is 9.11. The molecule has 0 spiro atoms. The van der Waals surface area contributed by atoms with E-state index in [0.717, 1.165) is 11.3 Å². The summed E-state index contributed by atoms with van der Waals surface area (Å²) in [5.41, 5.74) is 9.12. The molecule has 0 fully saturated rings. The van der Waals surface area contributed by atoms with Crippen LogP contribution in [-0.2, 0) is 6.54 Å². The van der Waals surface area contributed by atoms with Gasteiger partial charge in [0.15, 0.2) is 0 Å². The van der Waals surface area contributed by atoms with Gasteiger partial charge < -0.3 is 10.6 Å². The maximum Gasteiger partial charge on any atom is 0.0995 e. The van der Waals surface area contributed by atoms with E-state index in [2.05, 4.69) is 6.07 Å². The van der Waals surface area contributed by atoms with E-state index in [4.69, 9.17) is 22.6 Å². The zero-order chi connectivity index (χ0) is 13.8. The Bertz CT molecular complexity index is 632. The third-order valence-electron chi connectivity index (χ3n) is 2.95. The number of rotatable bonds is 3. The lowest BCUT2D eigenvalue weighted by Gasteiger charge is -2.22. The molecular formula is C15H14ClN3. The summed E-state index contributed by atoms with van der Waals surface area (Å²) in [6.45, 7) is 0.605. The van der Waals surface area contributed by atoms with Gasteiger partial charge in [-0.15, -0.1) is 0 Å². The van der Waals surface area contributed by atoms with E-state index in [9.17, 15) is 0 Å². The molecule has 0 unspecified atom stereocenters. The predicted molar refractivity (Wildman–Crippen MR) is 79.1 cm³/mol. The molecule has 3 nitrogen and oxygen atoms in total. The molecule has 2 rings (SSSR count). The second kappa shape index (κ2) is 5.64. The van der Waals surface area contributed by atoms with Crippen molar-refractivity contribution in [3.63, 3.8) is 0 Å². The molecule has 0 amide bonds. The van der Waals surface area contributed by atoms with Gasteiger partial charge in [0.25, 0.3) is 0 Å². The molecule has 0 aliphatic rings. The fraction of sp³-hybridized carbons (Fsp3) is 0.133. The van der Waals surface area contributed by atoms with Crippen LogP contribution in [0.5, 0.6) is 0 Å². The maximum atomic E-state index is 9.09. The van der Waals surface area contributed by atoms with Crippen molar-refractivity contribution in [2.45, 2.75) is 6.54 Å². The van der Waals surface area contributed by atoms with Crippen LogP contribution in [0.2, 0.25) is 5.02 Å². The number of nitrogens with zero attached hydrogens (tertiary/aromatic N) is 2. The minimum Gasteiger partial charge on any atom is -0.397 e. The molecule has 2 aromatic carbocycles. The summed E-state index contributed by atoms with van der Waals surface area (Å²) in [7, 11) is 1.93. The van der Waals surface area contributed by atoms with Crippen molar-refractivity contribution < 1.29 is 0 Å². The zero-order valence-corrected chi connectivity index (χ0v) is 11.4.